The van der Waals surface area contributed by atoms with Crippen LogP contribution in [0.1, 0.15) is 50.5 Å². The molecule has 0 aliphatic heterocycles. The van der Waals surface area contributed by atoms with Gasteiger partial charge in [-0.1, -0.05) is 49.8 Å². The first kappa shape index (κ1) is 15.8. The Bertz CT molecular complexity index is 413. The second-order valence-corrected chi connectivity index (χ2v) is 6.35. The predicted molar refractivity (Wildman–Crippen MR) is 83.8 cm³/mol. The minimum absolute atomic E-state index is 0.259. The average molecular weight is 298 g/mol. The molecule has 0 amide bonds. The molecule has 1 N–H and O–H groups in total. The molecule has 112 valence electrons. The summed E-state index contributed by atoms with van der Waals surface area (Å²) in [5.74, 6) is 0.451. The Kier molecular flexibility index (Phi) is 6.31. The standard InChI is InChI=1S/C17H25ClFN/c1-20-17(13-7-5-3-2-4-6-8-13)11-14-9-10-15(19)12-16(14)18/h9-10,12-13,17,20H,2-8,11H2,1H3. The third kappa shape index (κ3) is 4.46. The van der Waals surface area contributed by atoms with Crippen LogP contribution < -0.4 is 5.32 Å². The van der Waals surface area contributed by atoms with Gasteiger partial charge in [-0.2, -0.15) is 0 Å². The Balaban J connectivity index is 2.03. The molecule has 1 unspecified atom stereocenters. The number of nitrogens with one attached hydrogen (secondary N) is 1. The highest BCUT2D eigenvalue weighted by molar-refractivity contribution is 6.31. The summed E-state index contributed by atoms with van der Waals surface area (Å²) in [4.78, 5) is 0. The molecule has 0 heterocycles. The minimum atomic E-state index is -0.259. The van der Waals surface area contributed by atoms with E-state index in [0.29, 0.717) is 17.0 Å². The van der Waals surface area contributed by atoms with E-state index >= 15 is 0 Å². The van der Waals surface area contributed by atoms with E-state index in [1.807, 2.05) is 13.1 Å². The van der Waals surface area contributed by atoms with Crippen LogP contribution in [0.4, 0.5) is 4.39 Å². The van der Waals surface area contributed by atoms with E-state index in [1.165, 1.54) is 57.1 Å². The Morgan fingerprint density at radius 2 is 1.85 bits per heavy atom. The maximum Gasteiger partial charge on any atom is 0.124 e. The quantitative estimate of drug-likeness (QED) is 0.827. The maximum atomic E-state index is 13.1. The zero-order valence-electron chi connectivity index (χ0n) is 12.3. The van der Waals surface area contributed by atoms with Crippen molar-refractivity contribution in [2.24, 2.45) is 5.92 Å². The summed E-state index contributed by atoms with van der Waals surface area (Å²) in [6.45, 7) is 0. The summed E-state index contributed by atoms with van der Waals surface area (Å²) in [6.07, 6.45) is 10.3. The molecule has 20 heavy (non-hydrogen) atoms. The third-order valence-corrected chi connectivity index (χ3v) is 4.90. The monoisotopic (exact) mass is 297 g/mol. The summed E-state index contributed by atoms with van der Waals surface area (Å²) >= 11 is 6.16. The lowest BCUT2D eigenvalue weighted by atomic mass is 9.83. The van der Waals surface area contributed by atoms with Gasteiger partial charge in [0.1, 0.15) is 5.82 Å². The Morgan fingerprint density at radius 3 is 2.45 bits per heavy atom. The Hall–Kier alpha value is -0.600. The first-order chi connectivity index (χ1) is 9.70. The first-order valence-electron chi connectivity index (χ1n) is 7.82. The van der Waals surface area contributed by atoms with Crippen LogP contribution in [0.5, 0.6) is 0 Å². The minimum Gasteiger partial charge on any atom is -0.316 e. The molecule has 0 saturated heterocycles. The number of likely N-dealkylation sites (N-methyl/N-ethyl adjacent to an activating group) is 1. The van der Waals surface area contributed by atoms with Crippen LogP contribution >= 0.6 is 11.6 Å². The van der Waals surface area contributed by atoms with Gasteiger partial charge >= 0.3 is 0 Å². The number of hydrogen-bond acceptors (Lipinski definition) is 1. The molecule has 0 aromatic heterocycles. The molecule has 1 aliphatic rings. The van der Waals surface area contributed by atoms with Gasteiger partial charge in [0.05, 0.1) is 0 Å². The van der Waals surface area contributed by atoms with E-state index in [4.69, 9.17) is 11.6 Å². The van der Waals surface area contributed by atoms with E-state index in [-0.39, 0.29) is 5.82 Å². The van der Waals surface area contributed by atoms with Crippen LogP contribution in [0.2, 0.25) is 5.02 Å². The molecule has 1 aromatic rings. The summed E-state index contributed by atoms with van der Waals surface area (Å²) in [5.41, 5.74) is 1.05. The van der Waals surface area contributed by atoms with Crippen LogP contribution in [0.25, 0.3) is 0 Å². The second kappa shape index (κ2) is 7.99. The SMILES string of the molecule is CNC(Cc1ccc(F)cc1Cl)C1CCCCCCC1. The van der Waals surface area contributed by atoms with Gasteiger partial charge in [0.2, 0.25) is 0 Å². The summed E-state index contributed by atoms with van der Waals surface area (Å²) in [6, 6.07) is 5.19. The molecule has 1 saturated carbocycles. The number of rotatable bonds is 4. The van der Waals surface area contributed by atoms with Gasteiger partial charge in [0, 0.05) is 11.1 Å². The van der Waals surface area contributed by atoms with Crippen molar-refractivity contribution in [3.8, 4) is 0 Å². The fourth-order valence-corrected chi connectivity index (χ4v) is 3.56. The summed E-state index contributed by atoms with van der Waals surface area (Å²) in [7, 11) is 2.03. The van der Waals surface area contributed by atoms with Crippen molar-refractivity contribution in [2.75, 3.05) is 7.05 Å². The lowest BCUT2D eigenvalue weighted by Gasteiger charge is -2.29. The highest BCUT2D eigenvalue weighted by Crippen LogP contribution is 2.28. The molecular formula is C17H25ClFN. The van der Waals surface area contributed by atoms with E-state index in [1.54, 1.807) is 0 Å². The second-order valence-electron chi connectivity index (χ2n) is 5.94. The van der Waals surface area contributed by atoms with E-state index in [9.17, 15) is 4.39 Å². The molecular weight excluding hydrogens is 273 g/mol. The first-order valence-corrected chi connectivity index (χ1v) is 8.19. The fraction of sp³-hybridized carbons (Fsp3) is 0.647. The van der Waals surface area contributed by atoms with Crippen LogP contribution in [0.3, 0.4) is 0 Å². The van der Waals surface area contributed by atoms with Crippen molar-refractivity contribution in [3.05, 3.63) is 34.6 Å². The molecule has 0 bridgehead atoms. The largest absolute Gasteiger partial charge is 0.316 e. The molecule has 1 aliphatic carbocycles. The maximum absolute atomic E-state index is 13.1. The predicted octanol–water partition coefficient (Wildman–Crippen LogP) is 4.97. The van der Waals surface area contributed by atoms with Crippen molar-refractivity contribution in [1.29, 1.82) is 0 Å². The van der Waals surface area contributed by atoms with E-state index in [2.05, 4.69) is 5.32 Å². The van der Waals surface area contributed by atoms with Gasteiger partial charge in [-0.15, -0.1) is 0 Å². The smallest absolute Gasteiger partial charge is 0.124 e. The molecule has 1 nitrogen and oxygen atoms in total. The van der Waals surface area contributed by atoms with Crippen molar-refractivity contribution in [3.63, 3.8) is 0 Å². The lowest BCUT2D eigenvalue weighted by molar-refractivity contribution is 0.294. The zero-order chi connectivity index (χ0) is 14.4. The zero-order valence-corrected chi connectivity index (χ0v) is 13.1. The van der Waals surface area contributed by atoms with Crippen LogP contribution in [-0.4, -0.2) is 13.1 Å². The van der Waals surface area contributed by atoms with Crippen LogP contribution in [-0.2, 0) is 6.42 Å². The molecule has 1 aromatic carbocycles. The Morgan fingerprint density at radius 1 is 1.20 bits per heavy atom. The van der Waals surface area contributed by atoms with Gasteiger partial charge < -0.3 is 5.32 Å². The molecule has 0 spiro atoms. The number of hydrogen-bond donors (Lipinski definition) is 1. The average Bonchev–Trinajstić information content (AvgIpc) is 2.39. The number of halogens is 2. The van der Waals surface area contributed by atoms with E-state index in [0.717, 1.165) is 12.0 Å². The molecule has 2 rings (SSSR count). The highest BCUT2D eigenvalue weighted by atomic mass is 35.5. The summed E-state index contributed by atoms with van der Waals surface area (Å²) in [5, 5.41) is 4.01. The van der Waals surface area contributed by atoms with Crippen LogP contribution in [0, 0.1) is 11.7 Å². The molecule has 0 radical (unpaired) electrons. The highest BCUT2D eigenvalue weighted by Gasteiger charge is 2.21. The van der Waals surface area contributed by atoms with Crippen molar-refractivity contribution < 1.29 is 4.39 Å². The normalized spacial score (nSPS) is 19.4. The third-order valence-electron chi connectivity index (χ3n) is 4.54. The number of benzene rings is 1. The van der Waals surface area contributed by atoms with Gasteiger partial charge in [0.15, 0.2) is 0 Å². The van der Waals surface area contributed by atoms with Crippen LogP contribution in [0.15, 0.2) is 18.2 Å². The fourth-order valence-electron chi connectivity index (χ4n) is 3.32. The summed E-state index contributed by atoms with van der Waals surface area (Å²) < 4.78 is 13.1. The topological polar surface area (TPSA) is 12.0 Å². The Labute approximate surface area is 126 Å². The molecule has 1 fully saturated rings. The van der Waals surface area contributed by atoms with Crippen molar-refractivity contribution in [1.82, 2.24) is 5.32 Å². The molecule has 1 atom stereocenters. The van der Waals surface area contributed by atoms with Crippen molar-refractivity contribution >= 4 is 11.6 Å². The lowest BCUT2D eigenvalue weighted by Crippen LogP contribution is -2.36. The van der Waals surface area contributed by atoms with Gasteiger partial charge in [-0.25, -0.2) is 4.39 Å². The van der Waals surface area contributed by atoms with Gasteiger partial charge in [-0.3, -0.25) is 0 Å². The molecule has 3 heteroatoms. The van der Waals surface area contributed by atoms with Gasteiger partial charge in [-0.05, 0) is 49.9 Å². The van der Waals surface area contributed by atoms with E-state index < -0.39 is 0 Å². The van der Waals surface area contributed by atoms with Crippen molar-refractivity contribution in [2.45, 2.75) is 57.4 Å². The van der Waals surface area contributed by atoms with Gasteiger partial charge in [0.25, 0.3) is 0 Å².